The minimum Gasteiger partial charge on any atom is -0.372 e. The summed E-state index contributed by atoms with van der Waals surface area (Å²) in [5, 5.41) is 15.1. The van der Waals surface area contributed by atoms with Crippen LogP contribution >= 0.6 is 0 Å². The molecule has 1 aliphatic rings. The molecule has 2 rings (SSSR count). The molecular weight excluding hydrogens is 264 g/mol. The van der Waals surface area contributed by atoms with Crippen molar-refractivity contribution in [3.05, 3.63) is 21.5 Å². The van der Waals surface area contributed by atoms with Gasteiger partial charge < -0.3 is 9.64 Å². The number of nitrogens with zero attached hydrogens (tertiary/aromatic N) is 4. The first kappa shape index (κ1) is 14.4. The Kier molecular flexibility index (Phi) is 3.76. The van der Waals surface area contributed by atoms with Gasteiger partial charge in [-0.25, -0.2) is 0 Å². The summed E-state index contributed by atoms with van der Waals surface area (Å²) in [7, 11) is 1.54. The van der Waals surface area contributed by atoms with Crippen LogP contribution in [0.25, 0.3) is 0 Å². The highest BCUT2D eigenvalue weighted by Gasteiger charge is 2.35. The third kappa shape index (κ3) is 2.51. The normalized spacial score (nSPS) is 22.9. The van der Waals surface area contributed by atoms with Gasteiger partial charge in [-0.05, 0) is 20.8 Å². The lowest BCUT2D eigenvalue weighted by Crippen LogP contribution is -2.48. The van der Waals surface area contributed by atoms with Crippen molar-refractivity contribution in [2.75, 3.05) is 13.1 Å². The Hall–Kier alpha value is -1.96. The fourth-order valence-corrected chi connectivity index (χ4v) is 2.60. The summed E-state index contributed by atoms with van der Waals surface area (Å²) >= 11 is 0. The molecule has 2 heterocycles. The number of ether oxygens (including phenoxy) is 1. The Morgan fingerprint density at radius 2 is 1.95 bits per heavy atom. The van der Waals surface area contributed by atoms with Gasteiger partial charge in [-0.1, -0.05) is 0 Å². The van der Waals surface area contributed by atoms with Gasteiger partial charge in [0, 0.05) is 20.1 Å². The summed E-state index contributed by atoms with van der Waals surface area (Å²) < 4.78 is 6.84. The van der Waals surface area contributed by atoms with Gasteiger partial charge in [-0.2, -0.15) is 5.10 Å². The Labute approximate surface area is 116 Å². The molecule has 0 N–H and O–H groups in total. The molecule has 0 spiro atoms. The Bertz CT molecular complexity index is 544. The number of aryl methyl sites for hydroxylation is 2. The maximum Gasteiger partial charge on any atom is 0.322 e. The monoisotopic (exact) mass is 282 g/mol. The maximum atomic E-state index is 12.6. The van der Waals surface area contributed by atoms with E-state index in [0.717, 1.165) is 0 Å². The third-order valence-electron chi connectivity index (χ3n) is 3.28. The molecule has 1 saturated heterocycles. The Morgan fingerprint density at radius 3 is 2.45 bits per heavy atom. The van der Waals surface area contributed by atoms with Gasteiger partial charge in [-0.3, -0.25) is 19.6 Å². The summed E-state index contributed by atoms with van der Waals surface area (Å²) in [6, 6.07) is 0. The number of amides is 1. The summed E-state index contributed by atoms with van der Waals surface area (Å²) in [6.45, 7) is 6.12. The average molecular weight is 282 g/mol. The zero-order valence-electron chi connectivity index (χ0n) is 12.0. The Morgan fingerprint density at radius 1 is 1.40 bits per heavy atom. The minimum atomic E-state index is -0.553. The van der Waals surface area contributed by atoms with E-state index < -0.39 is 4.92 Å². The van der Waals surface area contributed by atoms with Crippen LogP contribution in [0.2, 0.25) is 0 Å². The smallest absolute Gasteiger partial charge is 0.322 e. The standard InChI is InChI=1S/C12H18N4O4/c1-7-5-15(6-8(2)20-7)12(17)11-10(16(18)19)9(3)13-14(11)4/h7-8H,5-6H2,1-4H3/t7-,8+. The van der Waals surface area contributed by atoms with E-state index in [-0.39, 0.29) is 35.2 Å². The molecule has 0 aromatic carbocycles. The molecule has 0 radical (unpaired) electrons. The number of carbonyl (C=O) groups excluding carboxylic acids is 1. The van der Waals surface area contributed by atoms with Gasteiger partial charge >= 0.3 is 5.69 Å². The summed E-state index contributed by atoms with van der Waals surface area (Å²) in [5.74, 6) is -0.373. The summed E-state index contributed by atoms with van der Waals surface area (Å²) in [5.41, 5.74) is 0.0494. The number of carbonyl (C=O) groups is 1. The fraction of sp³-hybridized carbons (Fsp3) is 0.667. The van der Waals surface area contributed by atoms with Crippen LogP contribution in [0.3, 0.4) is 0 Å². The molecule has 0 unspecified atom stereocenters. The van der Waals surface area contributed by atoms with Gasteiger partial charge in [-0.15, -0.1) is 0 Å². The van der Waals surface area contributed by atoms with Crippen LogP contribution in [-0.4, -0.2) is 50.8 Å². The van der Waals surface area contributed by atoms with Crippen molar-refractivity contribution in [3.63, 3.8) is 0 Å². The molecule has 1 fully saturated rings. The fourth-order valence-electron chi connectivity index (χ4n) is 2.60. The molecule has 8 heteroatoms. The molecule has 1 aliphatic heterocycles. The molecule has 2 atom stereocenters. The molecular formula is C12H18N4O4. The first-order valence-electron chi connectivity index (χ1n) is 6.44. The lowest BCUT2D eigenvalue weighted by Gasteiger charge is -2.35. The van der Waals surface area contributed by atoms with E-state index in [9.17, 15) is 14.9 Å². The van der Waals surface area contributed by atoms with E-state index in [1.807, 2.05) is 13.8 Å². The van der Waals surface area contributed by atoms with Crippen molar-refractivity contribution < 1.29 is 14.5 Å². The van der Waals surface area contributed by atoms with Crippen LogP contribution in [-0.2, 0) is 11.8 Å². The topological polar surface area (TPSA) is 90.5 Å². The molecule has 110 valence electrons. The van der Waals surface area contributed by atoms with E-state index in [2.05, 4.69) is 5.10 Å². The third-order valence-corrected chi connectivity index (χ3v) is 3.28. The lowest BCUT2D eigenvalue weighted by atomic mass is 10.2. The van der Waals surface area contributed by atoms with E-state index in [1.165, 1.54) is 11.6 Å². The molecule has 20 heavy (non-hydrogen) atoms. The van der Waals surface area contributed by atoms with Crippen molar-refractivity contribution >= 4 is 11.6 Å². The van der Waals surface area contributed by atoms with Gasteiger partial charge in [0.1, 0.15) is 5.69 Å². The van der Waals surface area contributed by atoms with Crippen LogP contribution < -0.4 is 0 Å². The molecule has 0 saturated carbocycles. The predicted molar refractivity (Wildman–Crippen MR) is 70.5 cm³/mol. The second-order valence-electron chi connectivity index (χ2n) is 5.13. The number of morpholine rings is 1. The molecule has 1 amide bonds. The summed E-state index contributed by atoms with van der Waals surface area (Å²) in [4.78, 5) is 24.7. The SMILES string of the molecule is Cc1nn(C)c(C(=O)N2C[C@@H](C)O[C@@H](C)C2)c1[N+](=O)[O-]. The van der Waals surface area contributed by atoms with E-state index in [4.69, 9.17) is 4.74 Å². The molecule has 0 bridgehead atoms. The van der Waals surface area contributed by atoms with Gasteiger partial charge in [0.05, 0.1) is 17.1 Å². The number of rotatable bonds is 2. The largest absolute Gasteiger partial charge is 0.372 e. The highest BCUT2D eigenvalue weighted by molar-refractivity contribution is 5.97. The number of hydrogen-bond donors (Lipinski definition) is 0. The molecule has 0 aliphatic carbocycles. The minimum absolute atomic E-state index is 0.0220. The van der Waals surface area contributed by atoms with Crippen LogP contribution in [0.5, 0.6) is 0 Å². The quantitative estimate of drug-likeness (QED) is 0.593. The second-order valence-corrected chi connectivity index (χ2v) is 5.13. The first-order valence-corrected chi connectivity index (χ1v) is 6.44. The van der Waals surface area contributed by atoms with Crippen LogP contribution in [0.4, 0.5) is 5.69 Å². The number of aromatic nitrogens is 2. The maximum absolute atomic E-state index is 12.6. The zero-order chi connectivity index (χ0) is 15.0. The number of nitro groups is 1. The van der Waals surface area contributed by atoms with Gasteiger partial charge in [0.15, 0.2) is 0 Å². The molecule has 1 aromatic rings. The number of hydrogen-bond acceptors (Lipinski definition) is 5. The average Bonchev–Trinajstić information content (AvgIpc) is 2.62. The van der Waals surface area contributed by atoms with Crippen LogP contribution in [0.1, 0.15) is 30.0 Å². The van der Waals surface area contributed by atoms with Crippen molar-refractivity contribution in [1.82, 2.24) is 14.7 Å². The van der Waals surface area contributed by atoms with Crippen molar-refractivity contribution in [3.8, 4) is 0 Å². The summed E-state index contributed by atoms with van der Waals surface area (Å²) in [6.07, 6.45) is -0.174. The molecule has 8 nitrogen and oxygen atoms in total. The van der Waals surface area contributed by atoms with Crippen molar-refractivity contribution in [1.29, 1.82) is 0 Å². The highest BCUT2D eigenvalue weighted by Crippen LogP contribution is 2.25. The molecule has 1 aromatic heterocycles. The highest BCUT2D eigenvalue weighted by atomic mass is 16.6. The second kappa shape index (κ2) is 5.20. The van der Waals surface area contributed by atoms with E-state index in [0.29, 0.717) is 13.1 Å². The van der Waals surface area contributed by atoms with Crippen LogP contribution in [0.15, 0.2) is 0 Å². The van der Waals surface area contributed by atoms with Crippen LogP contribution in [0, 0.1) is 17.0 Å². The van der Waals surface area contributed by atoms with Gasteiger partial charge in [0.25, 0.3) is 5.91 Å². The van der Waals surface area contributed by atoms with E-state index in [1.54, 1.807) is 11.9 Å². The van der Waals surface area contributed by atoms with Gasteiger partial charge in [0.2, 0.25) is 5.69 Å². The van der Waals surface area contributed by atoms with E-state index >= 15 is 0 Å². The first-order chi connectivity index (χ1) is 9.31. The Balaban J connectivity index is 2.36. The van der Waals surface area contributed by atoms with Crippen molar-refractivity contribution in [2.45, 2.75) is 33.0 Å². The van der Waals surface area contributed by atoms with Crippen molar-refractivity contribution in [2.24, 2.45) is 7.05 Å². The predicted octanol–water partition coefficient (Wildman–Crippen LogP) is 0.886. The zero-order valence-corrected chi connectivity index (χ0v) is 12.0. The lowest BCUT2D eigenvalue weighted by molar-refractivity contribution is -0.385.